The largest absolute Gasteiger partial charge is 0.432 e. The summed E-state index contributed by atoms with van der Waals surface area (Å²) >= 11 is 3.29. The number of nitrogens with one attached hydrogen (secondary N) is 1. The van der Waals surface area contributed by atoms with E-state index in [0.29, 0.717) is 21.9 Å². The molecule has 0 aliphatic carbocycles. The minimum Gasteiger partial charge on any atom is -0.432 e. The Bertz CT molecular complexity index is 948. The molecule has 3 heterocycles. The lowest BCUT2D eigenvalue weighted by molar-refractivity contribution is 0.102. The molecule has 2 aromatic rings. The molecular formula is C22H32BrN5O2Si. The Kier molecular flexibility index (Phi) is 7.07. The Morgan fingerprint density at radius 2 is 2.13 bits per heavy atom. The van der Waals surface area contributed by atoms with E-state index in [-0.39, 0.29) is 16.6 Å². The van der Waals surface area contributed by atoms with Gasteiger partial charge >= 0.3 is 0 Å². The highest BCUT2D eigenvalue weighted by atomic mass is 79.9. The van der Waals surface area contributed by atoms with E-state index in [9.17, 15) is 9.59 Å². The smallest absolute Gasteiger partial charge is 0.276 e. The topological polar surface area (TPSA) is 104 Å². The first-order valence-electron chi connectivity index (χ1n) is 10.6. The third-order valence-electron chi connectivity index (χ3n) is 6.47. The second-order valence-electron chi connectivity index (χ2n) is 9.52. The van der Waals surface area contributed by atoms with Crippen molar-refractivity contribution in [1.29, 1.82) is 0 Å². The molecule has 168 valence electrons. The van der Waals surface area contributed by atoms with Gasteiger partial charge in [0.1, 0.15) is 4.60 Å². The number of rotatable bonds is 6. The molecule has 0 radical (unpaired) electrons. The number of halogens is 1. The molecule has 2 aromatic heterocycles. The molecule has 7 nitrogen and oxygen atoms in total. The summed E-state index contributed by atoms with van der Waals surface area (Å²) < 4.78 is 0.551. The lowest BCUT2D eigenvalue weighted by Gasteiger charge is -2.42. The van der Waals surface area contributed by atoms with E-state index in [4.69, 9.17) is 5.73 Å². The van der Waals surface area contributed by atoms with Crippen LogP contribution in [-0.4, -0.2) is 42.1 Å². The van der Waals surface area contributed by atoms with Crippen molar-refractivity contribution < 1.29 is 9.59 Å². The van der Waals surface area contributed by atoms with Gasteiger partial charge in [-0.2, -0.15) is 0 Å². The normalized spacial score (nSPS) is 17.5. The lowest BCUT2D eigenvalue weighted by Crippen LogP contribution is -2.43. The Morgan fingerprint density at radius 3 is 2.84 bits per heavy atom. The third kappa shape index (κ3) is 5.64. The van der Waals surface area contributed by atoms with Crippen LogP contribution in [0.4, 0.5) is 17.1 Å². The zero-order chi connectivity index (χ0) is 22.8. The molecule has 1 aliphatic rings. The Balaban J connectivity index is 1.78. The molecule has 0 saturated carbocycles. The number of nitrogen functional groups attached to an aromatic ring is 1. The van der Waals surface area contributed by atoms with Crippen LogP contribution in [0, 0.1) is 5.92 Å². The molecule has 9 heteroatoms. The minimum atomic E-state index is -2.26. The van der Waals surface area contributed by atoms with Gasteiger partial charge in [-0.1, -0.05) is 13.8 Å². The minimum absolute atomic E-state index is 0.0557. The molecule has 1 amide bonds. The van der Waals surface area contributed by atoms with Gasteiger partial charge in [0.05, 0.1) is 23.3 Å². The zero-order valence-corrected chi connectivity index (χ0v) is 21.2. The van der Waals surface area contributed by atoms with Gasteiger partial charge in [-0.05, 0) is 77.4 Å². The van der Waals surface area contributed by atoms with Crippen molar-refractivity contribution in [3.8, 4) is 0 Å². The summed E-state index contributed by atoms with van der Waals surface area (Å²) in [5.74, 6) is 0.123. The molecular weight excluding hydrogens is 474 g/mol. The van der Waals surface area contributed by atoms with Crippen molar-refractivity contribution in [3.05, 3.63) is 40.9 Å². The van der Waals surface area contributed by atoms with Crippen LogP contribution >= 0.6 is 15.9 Å². The molecule has 1 saturated heterocycles. The number of piperidine rings is 1. The van der Waals surface area contributed by atoms with Crippen molar-refractivity contribution >= 4 is 47.2 Å². The molecule has 0 bridgehead atoms. The van der Waals surface area contributed by atoms with E-state index in [1.807, 2.05) is 19.2 Å². The van der Waals surface area contributed by atoms with Crippen LogP contribution in [-0.2, 0) is 0 Å². The van der Waals surface area contributed by atoms with E-state index in [0.717, 1.165) is 38.0 Å². The second kappa shape index (κ2) is 9.26. The maximum absolute atomic E-state index is 12.8. The SMILES string of the molecule is CC(C)(C[C@@H]1CCCN(c2ccncc2NC(=O)c2nc(Br)ccc2N)C1)[Si](C)(C)O. The number of pyridine rings is 2. The maximum Gasteiger partial charge on any atom is 0.276 e. The quantitative estimate of drug-likeness (QED) is 0.389. The molecule has 0 aromatic carbocycles. The highest BCUT2D eigenvalue weighted by Crippen LogP contribution is 2.44. The van der Waals surface area contributed by atoms with Crippen LogP contribution < -0.4 is 16.0 Å². The van der Waals surface area contributed by atoms with Crippen molar-refractivity contribution in [2.45, 2.75) is 51.2 Å². The van der Waals surface area contributed by atoms with E-state index in [1.165, 1.54) is 0 Å². The van der Waals surface area contributed by atoms with Gasteiger partial charge in [-0.15, -0.1) is 0 Å². The van der Waals surface area contributed by atoms with E-state index in [2.05, 4.69) is 50.0 Å². The van der Waals surface area contributed by atoms with E-state index in [1.54, 1.807) is 24.5 Å². The Hall–Kier alpha value is -1.97. The van der Waals surface area contributed by atoms with Gasteiger partial charge in [0, 0.05) is 19.3 Å². The van der Waals surface area contributed by atoms with E-state index < -0.39 is 8.32 Å². The van der Waals surface area contributed by atoms with Crippen LogP contribution in [0.15, 0.2) is 35.2 Å². The second-order valence-corrected chi connectivity index (χ2v) is 14.8. The number of carbonyl (C=O) groups excluding carboxylic acids is 1. The molecule has 1 fully saturated rings. The van der Waals surface area contributed by atoms with Gasteiger partial charge in [0.25, 0.3) is 5.91 Å². The van der Waals surface area contributed by atoms with Crippen LogP contribution in [0.3, 0.4) is 0 Å². The summed E-state index contributed by atoms with van der Waals surface area (Å²) in [6.07, 6.45) is 6.62. The van der Waals surface area contributed by atoms with Gasteiger partial charge in [0.2, 0.25) is 0 Å². The maximum atomic E-state index is 12.8. The highest BCUT2D eigenvalue weighted by Gasteiger charge is 2.40. The van der Waals surface area contributed by atoms with Gasteiger partial charge < -0.3 is 20.7 Å². The first-order chi connectivity index (χ1) is 14.5. The number of hydrogen-bond acceptors (Lipinski definition) is 6. The van der Waals surface area contributed by atoms with Crippen molar-refractivity contribution in [3.63, 3.8) is 0 Å². The summed E-state index contributed by atoms with van der Waals surface area (Å²) in [6.45, 7) is 10.2. The first-order valence-corrected chi connectivity index (χ1v) is 14.4. The number of aromatic nitrogens is 2. The van der Waals surface area contributed by atoms with Crippen LogP contribution in [0.5, 0.6) is 0 Å². The standard InChI is InChI=1S/C22H32BrN5O2Si/c1-22(2,31(3,4)30)12-15-6-5-11-28(14-15)18-9-10-25-13-17(18)26-21(29)20-16(24)7-8-19(23)27-20/h7-10,13,15,30H,5-6,11-12,14,24H2,1-4H3,(H,26,29)/t15-/m0/s1. The average Bonchev–Trinajstić information content (AvgIpc) is 2.69. The molecule has 31 heavy (non-hydrogen) atoms. The van der Waals surface area contributed by atoms with Gasteiger partial charge in [-0.3, -0.25) is 9.78 Å². The van der Waals surface area contributed by atoms with Crippen LogP contribution in [0.1, 0.15) is 43.6 Å². The third-order valence-corrected chi connectivity index (χ3v) is 10.4. The number of nitrogens with zero attached hydrogens (tertiary/aromatic N) is 3. The molecule has 3 rings (SSSR count). The monoisotopic (exact) mass is 505 g/mol. The fourth-order valence-corrected chi connectivity index (χ4v) is 5.09. The van der Waals surface area contributed by atoms with Crippen LogP contribution in [0.2, 0.25) is 18.1 Å². The predicted molar refractivity (Wildman–Crippen MR) is 132 cm³/mol. The molecule has 0 unspecified atom stereocenters. The fraction of sp³-hybridized carbons (Fsp3) is 0.500. The number of nitrogens with two attached hydrogens (primary N) is 1. The number of carbonyl (C=O) groups is 1. The number of amides is 1. The Morgan fingerprint density at radius 1 is 1.39 bits per heavy atom. The summed E-state index contributed by atoms with van der Waals surface area (Å²) in [4.78, 5) is 34.3. The summed E-state index contributed by atoms with van der Waals surface area (Å²) in [5.41, 5.74) is 8.04. The zero-order valence-electron chi connectivity index (χ0n) is 18.7. The molecule has 4 N–H and O–H groups in total. The highest BCUT2D eigenvalue weighted by molar-refractivity contribution is 9.10. The predicted octanol–water partition coefficient (Wildman–Crippen LogP) is 4.66. The van der Waals surface area contributed by atoms with Crippen molar-refractivity contribution in [2.24, 2.45) is 5.92 Å². The summed E-state index contributed by atoms with van der Waals surface area (Å²) in [7, 11) is -2.26. The fourth-order valence-electron chi connectivity index (χ4n) is 3.99. The number of hydrogen-bond donors (Lipinski definition) is 3. The van der Waals surface area contributed by atoms with Crippen molar-refractivity contribution in [2.75, 3.05) is 29.0 Å². The molecule has 1 atom stereocenters. The Labute approximate surface area is 193 Å². The van der Waals surface area contributed by atoms with Crippen molar-refractivity contribution in [1.82, 2.24) is 9.97 Å². The van der Waals surface area contributed by atoms with Gasteiger partial charge in [-0.25, -0.2) is 4.98 Å². The van der Waals surface area contributed by atoms with Crippen LogP contribution in [0.25, 0.3) is 0 Å². The summed E-state index contributed by atoms with van der Waals surface area (Å²) in [5, 5.41) is 2.88. The first kappa shape index (κ1) is 23.7. The van der Waals surface area contributed by atoms with E-state index >= 15 is 0 Å². The molecule has 0 spiro atoms. The lowest BCUT2D eigenvalue weighted by atomic mass is 9.89. The summed E-state index contributed by atoms with van der Waals surface area (Å²) in [6, 6.07) is 5.29. The van der Waals surface area contributed by atoms with Gasteiger partial charge in [0.15, 0.2) is 14.0 Å². The number of anilines is 3. The molecule has 1 aliphatic heterocycles. The average molecular weight is 507 g/mol.